The summed E-state index contributed by atoms with van der Waals surface area (Å²) in [4.78, 5) is 0. The maximum absolute atomic E-state index is 12.2. The lowest BCUT2D eigenvalue weighted by molar-refractivity contribution is 0.209. The SMILES string of the molecule is CCC1CN(S(=O)(=O)CC2CC2)CCC1NC. The van der Waals surface area contributed by atoms with Crippen molar-refractivity contribution in [3.63, 3.8) is 0 Å². The van der Waals surface area contributed by atoms with Crippen LogP contribution in [0.1, 0.15) is 32.6 Å². The molecule has 5 heteroatoms. The van der Waals surface area contributed by atoms with Crippen molar-refractivity contribution in [3.8, 4) is 0 Å². The molecule has 2 rings (SSSR count). The van der Waals surface area contributed by atoms with E-state index in [1.807, 2.05) is 7.05 Å². The first-order valence-electron chi connectivity index (χ1n) is 6.72. The van der Waals surface area contributed by atoms with Crippen LogP contribution < -0.4 is 5.32 Å². The molecule has 1 aliphatic heterocycles. The van der Waals surface area contributed by atoms with Gasteiger partial charge in [-0.15, -0.1) is 0 Å². The summed E-state index contributed by atoms with van der Waals surface area (Å²) >= 11 is 0. The van der Waals surface area contributed by atoms with Crippen molar-refractivity contribution in [2.24, 2.45) is 11.8 Å². The minimum Gasteiger partial charge on any atom is -0.317 e. The molecule has 0 radical (unpaired) electrons. The van der Waals surface area contributed by atoms with Crippen molar-refractivity contribution >= 4 is 10.0 Å². The average molecular weight is 260 g/mol. The van der Waals surface area contributed by atoms with Crippen LogP contribution in [0.4, 0.5) is 0 Å². The van der Waals surface area contributed by atoms with E-state index in [0.29, 0.717) is 36.7 Å². The zero-order valence-corrected chi connectivity index (χ0v) is 11.7. The first-order chi connectivity index (χ1) is 8.06. The predicted molar refractivity (Wildman–Crippen MR) is 69.3 cm³/mol. The Labute approximate surface area is 105 Å². The lowest BCUT2D eigenvalue weighted by Gasteiger charge is -2.37. The number of rotatable bonds is 5. The lowest BCUT2D eigenvalue weighted by atomic mass is 9.91. The summed E-state index contributed by atoms with van der Waals surface area (Å²) in [6.07, 6.45) is 4.19. The van der Waals surface area contributed by atoms with Gasteiger partial charge in [-0.05, 0) is 38.1 Å². The Balaban J connectivity index is 1.98. The molecule has 0 aromatic rings. The summed E-state index contributed by atoms with van der Waals surface area (Å²) in [5.74, 6) is 1.29. The molecular formula is C12H24N2O2S. The van der Waals surface area contributed by atoms with Crippen molar-refractivity contribution in [1.82, 2.24) is 9.62 Å². The van der Waals surface area contributed by atoms with Crippen LogP contribution in [0, 0.1) is 11.8 Å². The fraction of sp³-hybridized carbons (Fsp3) is 1.00. The molecule has 2 unspecified atom stereocenters. The molecule has 100 valence electrons. The van der Waals surface area contributed by atoms with Gasteiger partial charge in [0.15, 0.2) is 0 Å². The van der Waals surface area contributed by atoms with Crippen LogP contribution in [0.15, 0.2) is 0 Å². The summed E-state index contributed by atoms with van der Waals surface area (Å²) in [6.45, 7) is 3.54. The molecule has 2 atom stereocenters. The van der Waals surface area contributed by atoms with Gasteiger partial charge in [0, 0.05) is 19.1 Å². The van der Waals surface area contributed by atoms with E-state index in [9.17, 15) is 8.42 Å². The lowest BCUT2D eigenvalue weighted by Crippen LogP contribution is -2.50. The fourth-order valence-electron chi connectivity index (χ4n) is 2.73. The fourth-order valence-corrected chi connectivity index (χ4v) is 4.68. The van der Waals surface area contributed by atoms with Gasteiger partial charge in [-0.2, -0.15) is 0 Å². The number of piperidine rings is 1. The Bertz CT molecular complexity index is 352. The minimum atomic E-state index is -2.99. The summed E-state index contributed by atoms with van der Waals surface area (Å²) < 4.78 is 26.1. The zero-order chi connectivity index (χ0) is 12.5. The van der Waals surface area contributed by atoms with Gasteiger partial charge in [-0.1, -0.05) is 13.3 Å². The van der Waals surface area contributed by atoms with Gasteiger partial charge in [0.05, 0.1) is 5.75 Å². The summed E-state index contributed by atoms with van der Waals surface area (Å²) in [5, 5.41) is 3.31. The van der Waals surface area contributed by atoms with Crippen LogP contribution in [-0.2, 0) is 10.0 Å². The molecule has 1 saturated carbocycles. The molecule has 0 bridgehead atoms. The molecule has 1 saturated heterocycles. The Hall–Kier alpha value is -0.130. The second-order valence-electron chi connectivity index (χ2n) is 5.43. The van der Waals surface area contributed by atoms with E-state index >= 15 is 0 Å². The third-order valence-corrected chi connectivity index (χ3v) is 6.14. The molecule has 17 heavy (non-hydrogen) atoms. The molecule has 1 heterocycles. The molecule has 0 spiro atoms. The number of nitrogens with zero attached hydrogens (tertiary/aromatic N) is 1. The second kappa shape index (κ2) is 5.24. The second-order valence-corrected chi connectivity index (χ2v) is 7.45. The van der Waals surface area contributed by atoms with Gasteiger partial charge < -0.3 is 5.32 Å². The summed E-state index contributed by atoms with van der Waals surface area (Å²) in [5.41, 5.74) is 0. The largest absolute Gasteiger partial charge is 0.317 e. The highest BCUT2D eigenvalue weighted by Crippen LogP contribution is 2.32. The highest BCUT2D eigenvalue weighted by atomic mass is 32.2. The minimum absolute atomic E-state index is 0.383. The average Bonchev–Trinajstić information content (AvgIpc) is 3.11. The van der Waals surface area contributed by atoms with Crippen molar-refractivity contribution in [3.05, 3.63) is 0 Å². The van der Waals surface area contributed by atoms with E-state index in [4.69, 9.17) is 0 Å². The number of sulfonamides is 1. The maximum atomic E-state index is 12.2. The normalized spacial score (nSPS) is 31.6. The Morgan fingerprint density at radius 2 is 2.00 bits per heavy atom. The standard InChI is InChI=1S/C12H24N2O2S/c1-3-11-8-14(7-6-12(11)13-2)17(15,16)9-10-4-5-10/h10-13H,3-9H2,1-2H3. The first kappa shape index (κ1) is 13.3. The topological polar surface area (TPSA) is 49.4 Å². The zero-order valence-electron chi connectivity index (χ0n) is 10.9. The van der Waals surface area contributed by atoms with Gasteiger partial charge in [-0.25, -0.2) is 12.7 Å². The van der Waals surface area contributed by atoms with Crippen LogP contribution >= 0.6 is 0 Å². The van der Waals surface area contributed by atoms with Gasteiger partial charge in [-0.3, -0.25) is 0 Å². The Kier molecular flexibility index (Phi) is 4.10. The van der Waals surface area contributed by atoms with Gasteiger partial charge in [0.25, 0.3) is 0 Å². The van der Waals surface area contributed by atoms with Gasteiger partial charge >= 0.3 is 0 Å². The van der Waals surface area contributed by atoms with Crippen molar-refractivity contribution in [2.75, 3.05) is 25.9 Å². The molecule has 0 amide bonds. The Morgan fingerprint density at radius 1 is 1.29 bits per heavy atom. The molecule has 0 aromatic heterocycles. The highest BCUT2D eigenvalue weighted by Gasteiger charge is 2.36. The molecule has 2 aliphatic rings. The van der Waals surface area contributed by atoms with Crippen LogP contribution in [0.3, 0.4) is 0 Å². The smallest absolute Gasteiger partial charge is 0.214 e. The van der Waals surface area contributed by atoms with E-state index in [-0.39, 0.29) is 0 Å². The number of nitrogens with one attached hydrogen (secondary N) is 1. The van der Waals surface area contributed by atoms with E-state index in [1.165, 1.54) is 0 Å². The summed E-state index contributed by atoms with van der Waals surface area (Å²) in [6, 6.07) is 0.479. The van der Waals surface area contributed by atoms with E-state index < -0.39 is 10.0 Å². The predicted octanol–water partition coefficient (Wildman–Crippen LogP) is 1.05. The molecule has 0 aromatic carbocycles. The van der Waals surface area contributed by atoms with Gasteiger partial charge in [0.2, 0.25) is 10.0 Å². The van der Waals surface area contributed by atoms with Crippen LogP contribution in [-0.4, -0.2) is 44.7 Å². The summed E-state index contributed by atoms with van der Waals surface area (Å²) in [7, 11) is -1.02. The van der Waals surface area contributed by atoms with Crippen LogP contribution in [0.25, 0.3) is 0 Å². The Morgan fingerprint density at radius 3 is 2.53 bits per heavy atom. The van der Waals surface area contributed by atoms with Crippen LogP contribution in [0.5, 0.6) is 0 Å². The maximum Gasteiger partial charge on any atom is 0.214 e. The first-order valence-corrected chi connectivity index (χ1v) is 8.32. The monoisotopic (exact) mass is 260 g/mol. The molecular weight excluding hydrogens is 236 g/mol. The van der Waals surface area contributed by atoms with E-state index in [0.717, 1.165) is 25.7 Å². The number of hydrogen-bond donors (Lipinski definition) is 1. The van der Waals surface area contributed by atoms with Gasteiger partial charge in [0.1, 0.15) is 0 Å². The molecule has 4 nitrogen and oxygen atoms in total. The van der Waals surface area contributed by atoms with Crippen molar-refractivity contribution < 1.29 is 8.42 Å². The highest BCUT2D eigenvalue weighted by molar-refractivity contribution is 7.89. The van der Waals surface area contributed by atoms with E-state index in [2.05, 4.69) is 12.2 Å². The molecule has 2 fully saturated rings. The third-order valence-electron chi connectivity index (χ3n) is 4.13. The third kappa shape index (κ3) is 3.20. The molecule has 1 N–H and O–H groups in total. The van der Waals surface area contributed by atoms with Crippen LogP contribution in [0.2, 0.25) is 0 Å². The quantitative estimate of drug-likeness (QED) is 0.804. The van der Waals surface area contributed by atoms with E-state index in [1.54, 1.807) is 4.31 Å². The van der Waals surface area contributed by atoms with Crippen molar-refractivity contribution in [1.29, 1.82) is 0 Å². The van der Waals surface area contributed by atoms with Crippen molar-refractivity contribution in [2.45, 2.75) is 38.6 Å². The molecule has 1 aliphatic carbocycles. The number of hydrogen-bond acceptors (Lipinski definition) is 3.